The zero-order valence-corrected chi connectivity index (χ0v) is 12.8. The van der Waals surface area contributed by atoms with Crippen LogP contribution in [0, 0.1) is 0 Å². The fraction of sp³-hybridized carbons (Fsp3) is 0.400. The predicted molar refractivity (Wildman–Crippen MR) is 81.7 cm³/mol. The highest BCUT2D eigenvalue weighted by molar-refractivity contribution is 5.83. The lowest BCUT2D eigenvalue weighted by atomic mass is 10.3. The number of benzene rings is 1. The number of fused-ring (bicyclic) bond motifs is 1. The Kier molecular flexibility index (Phi) is 4.35. The lowest BCUT2D eigenvalue weighted by Gasteiger charge is -2.25. The van der Waals surface area contributed by atoms with Crippen LogP contribution < -0.4 is 5.69 Å². The third-order valence-corrected chi connectivity index (χ3v) is 3.59. The smallest absolute Gasteiger partial charge is 0.329 e. The molecule has 1 aromatic carbocycles. The quantitative estimate of drug-likeness (QED) is 0.879. The van der Waals surface area contributed by atoms with E-state index in [1.54, 1.807) is 39.1 Å². The largest absolute Gasteiger partial charge is 0.480 e. The highest BCUT2D eigenvalue weighted by Gasteiger charge is 2.22. The van der Waals surface area contributed by atoms with Gasteiger partial charge in [-0.05, 0) is 26.0 Å². The molecule has 7 nitrogen and oxygen atoms in total. The van der Waals surface area contributed by atoms with Crippen molar-refractivity contribution >= 4 is 22.9 Å². The number of nitrogens with zero attached hydrogens (tertiary/aromatic N) is 3. The Hall–Kier alpha value is -2.57. The summed E-state index contributed by atoms with van der Waals surface area (Å²) in [6.45, 7) is 2.93. The first kappa shape index (κ1) is 15.8. The van der Waals surface area contributed by atoms with E-state index in [1.807, 2.05) is 6.07 Å². The second-order valence-electron chi connectivity index (χ2n) is 5.43. The van der Waals surface area contributed by atoms with Gasteiger partial charge in [0.2, 0.25) is 5.91 Å². The number of aliphatic carboxylic acids is 1. The van der Waals surface area contributed by atoms with Crippen LogP contribution in [0.5, 0.6) is 0 Å². The summed E-state index contributed by atoms with van der Waals surface area (Å²) in [5, 5.41) is 8.91. The molecule has 1 N–H and O–H groups in total. The van der Waals surface area contributed by atoms with Gasteiger partial charge >= 0.3 is 11.7 Å². The third kappa shape index (κ3) is 2.88. The summed E-state index contributed by atoms with van der Waals surface area (Å²) in [6.07, 6.45) is 0. The molecule has 7 heteroatoms. The average Bonchev–Trinajstić information content (AvgIpc) is 2.70. The molecule has 22 heavy (non-hydrogen) atoms. The van der Waals surface area contributed by atoms with Gasteiger partial charge in [0.1, 0.15) is 13.1 Å². The van der Waals surface area contributed by atoms with E-state index in [9.17, 15) is 14.4 Å². The summed E-state index contributed by atoms with van der Waals surface area (Å²) in [5.74, 6) is -1.47. The fourth-order valence-electron chi connectivity index (χ4n) is 2.45. The lowest BCUT2D eigenvalue weighted by molar-refractivity contribution is -0.146. The van der Waals surface area contributed by atoms with Crippen molar-refractivity contribution in [1.82, 2.24) is 14.0 Å². The Bertz CT molecular complexity index is 773. The number of para-hydroxylation sites is 2. The number of rotatable bonds is 5. The van der Waals surface area contributed by atoms with E-state index in [2.05, 4.69) is 0 Å². The van der Waals surface area contributed by atoms with Crippen LogP contribution in [0.4, 0.5) is 0 Å². The fourth-order valence-corrected chi connectivity index (χ4v) is 2.45. The Morgan fingerprint density at radius 3 is 2.36 bits per heavy atom. The molecule has 1 amide bonds. The van der Waals surface area contributed by atoms with Gasteiger partial charge in [-0.2, -0.15) is 0 Å². The Morgan fingerprint density at radius 1 is 1.23 bits per heavy atom. The number of carbonyl (C=O) groups is 2. The van der Waals surface area contributed by atoms with Gasteiger partial charge in [0, 0.05) is 13.1 Å². The van der Waals surface area contributed by atoms with Gasteiger partial charge in [-0.25, -0.2) is 4.79 Å². The molecular formula is C15H19N3O4. The number of imidazole rings is 1. The highest BCUT2D eigenvalue weighted by atomic mass is 16.4. The molecule has 1 heterocycles. The molecule has 0 aliphatic heterocycles. The van der Waals surface area contributed by atoms with E-state index in [-0.39, 0.29) is 24.8 Å². The zero-order valence-electron chi connectivity index (χ0n) is 12.8. The van der Waals surface area contributed by atoms with Gasteiger partial charge in [0.25, 0.3) is 0 Å². The van der Waals surface area contributed by atoms with Crippen LogP contribution >= 0.6 is 0 Å². The Morgan fingerprint density at radius 2 is 1.82 bits per heavy atom. The van der Waals surface area contributed by atoms with Crippen molar-refractivity contribution in [3.63, 3.8) is 0 Å². The topological polar surface area (TPSA) is 84.5 Å². The second-order valence-corrected chi connectivity index (χ2v) is 5.43. The van der Waals surface area contributed by atoms with Crippen LogP contribution in [0.25, 0.3) is 11.0 Å². The molecule has 0 unspecified atom stereocenters. The van der Waals surface area contributed by atoms with E-state index in [0.29, 0.717) is 5.52 Å². The van der Waals surface area contributed by atoms with Crippen LogP contribution in [-0.2, 0) is 23.2 Å². The number of carboxylic acids is 1. The van der Waals surface area contributed by atoms with Crippen molar-refractivity contribution in [3.8, 4) is 0 Å². The van der Waals surface area contributed by atoms with Gasteiger partial charge in [0.05, 0.1) is 11.0 Å². The summed E-state index contributed by atoms with van der Waals surface area (Å²) in [6, 6.07) is 6.92. The first-order valence-corrected chi connectivity index (χ1v) is 6.98. The molecule has 0 aliphatic rings. The summed E-state index contributed by atoms with van der Waals surface area (Å²) < 4.78 is 2.84. The number of hydrogen-bond donors (Lipinski definition) is 1. The van der Waals surface area contributed by atoms with E-state index in [0.717, 1.165) is 5.52 Å². The van der Waals surface area contributed by atoms with E-state index in [4.69, 9.17) is 5.11 Å². The van der Waals surface area contributed by atoms with Crippen LogP contribution in [0.3, 0.4) is 0 Å². The molecule has 1 aromatic heterocycles. The first-order valence-electron chi connectivity index (χ1n) is 6.98. The summed E-state index contributed by atoms with van der Waals surface area (Å²) >= 11 is 0. The maximum absolute atomic E-state index is 12.4. The molecule has 2 rings (SSSR count). The van der Waals surface area contributed by atoms with Gasteiger partial charge in [-0.15, -0.1) is 0 Å². The minimum Gasteiger partial charge on any atom is -0.480 e. The monoisotopic (exact) mass is 305 g/mol. The minimum absolute atomic E-state index is 0.175. The number of aromatic nitrogens is 2. The van der Waals surface area contributed by atoms with Crippen molar-refractivity contribution < 1.29 is 14.7 Å². The molecule has 2 aromatic rings. The van der Waals surface area contributed by atoms with Crippen LogP contribution in [0.15, 0.2) is 29.1 Å². The van der Waals surface area contributed by atoms with Crippen molar-refractivity contribution in [2.24, 2.45) is 7.05 Å². The summed E-state index contributed by atoms with van der Waals surface area (Å²) in [5.41, 5.74) is 1.09. The van der Waals surface area contributed by atoms with Crippen molar-refractivity contribution in [2.45, 2.75) is 26.4 Å². The Balaban J connectivity index is 2.38. The molecule has 0 atom stereocenters. The molecule has 0 fully saturated rings. The summed E-state index contributed by atoms with van der Waals surface area (Å²) in [7, 11) is 1.64. The van der Waals surface area contributed by atoms with Crippen molar-refractivity contribution in [3.05, 3.63) is 34.7 Å². The molecular weight excluding hydrogens is 286 g/mol. The zero-order chi connectivity index (χ0) is 16.4. The lowest BCUT2D eigenvalue weighted by Crippen LogP contribution is -2.43. The molecule has 0 radical (unpaired) electrons. The number of hydrogen-bond acceptors (Lipinski definition) is 3. The first-order chi connectivity index (χ1) is 10.3. The molecule has 0 bridgehead atoms. The van der Waals surface area contributed by atoms with Gasteiger partial charge in [0.15, 0.2) is 0 Å². The van der Waals surface area contributed by atoms with Crippen molar-refractivity contribution in [1.29, 1.82) is 0 Å². The van der Waals surface area contributed by atoms with Gasteiger partial charge < -0.3 is 10.0 Å². The number of aryl methyl sites for hydroxylation is 1. The summed E-state index contributed by atoms with van der Waals surface area (Å²) in [4.78, 5) is 36.8. The second kappa shape index (κ2) is 6.05. The Labute approximate surface area is 127 Å². The predicted octanol–water partition coefficient (Wildman–Crippen LogP) is 0.662. The third-order valence-electron chi connectivity index (χ3n) is 3.59. The maximum Gasteiger partial charge on any atom is 0.329 e. The van der Waals surface area contributed by atoms with Crippen molar-refractivity contribution in [2.75, 3.05) is 6.54 Å². The molecule has 118 valence electrons. The number of carboxylic acid groups (broad SMARTS) is 1. The number of carbonyl (C=O) groups excluding carboxylic acids is 1. The SMILES string of the molecule is CC(C)N(CC(=O)O)C(=O)Cn1c(=O)n(C)c2ccccc21. The van der Waals surface area contributed by atoms with Crippen LogP contribution in [-0.4, -0.2) is 43.6 Å². The van der Waals surface area contributed by atoms with E-state index >= 15 is 0 Å². The van der Waals surface area contributed by atoms with Crippen LogP contribution in [0.2, 0.25) is 0 Å². The average molecular weight is 305 g/mol. The van der Waals surface area contributed by atoms with Crippen LogP contribution in [0.1, 0.15) is 13.8 Å². The highest BCUT2D eigenvalue weighted by Crippen LogP contribution is 2.12. The minimum atomic E-state index is -1.08. The van der Waals surface area contributed by atoms with Gasteiger partial charge in [-0.3, -0.25) is 18.7 Å². The number of amides is 1. The molecule has 0 aliphatic carbocycles. The molecule has 0 spiro atoms. The molecule has 0 saturated carbocycles. The molecule has 0 saturated heterocycles. The standard InChI is InChI=1S/C15H19N3O4/c1-10(2)17(9-14(20)21)13(19)8-18-12-7-5-4-6-11(12)16(3)15(18)22/h4-7,10H,8-9H2,1-3H3,(H,20,21). The normalized spacial score (nSPS) is 11.1. The van der Waals surface area contributed by atoms with E-state index < -0.39 is 11.9 Å². The van der Waals surface area contributed by atoms with E-state index in [1.165, 1.54) is 14.0 Å². The van der Waals surface area contributed by atoms with Gasteiger partial charge in [-0.1, -0.05) is 12.1 Å². The maximum atomic E-state index is 12.4.